The highest BCUT2D eigenvalue weighted by molar-refractivity contribution is 9.10. The molecule has 1 heterocycles. The molecule has 0 aromatic heterocycles. The van der Waals surface area contributed by atoms with E-state index in [1.807, 2.05) is 24.3 Å². The summed E-state index contributed by atoms with van der Waals surface area (Å²) in [6.07, 6.45) is 0.265. The van der Waals surface area contributed by atoms with Crippen LogP contribution in [0.1, 0.15) is 5.56 Å². The first-order valence-corrected chi connectivity index (χ1v) is 7.10. The largest absolute Gasteiger partial charge is 0.467 e. The van der Waals surface area contributed by atoms with Gasteiger partial charge in [0.05, 0.1) is 26.7 Å². The second-order valence-corrected chi connectivity index (χ2v) is 5.42. The van der Waals surface area contributed by atoms with Gasteiger partial charge in [-0.3, -0.25) is 4.79 Å². The molecule has 0 radical (unpaired) electrons. The van der Waals surface area contributed by atoms with E-state index in [4.69, 9.17) is 9.47 Å². The smallest absolute Gasteiger partial charge is 0.331 e. The molecular formula is C14H16BrNO4. The number of morpholine rings is 1. The first kappa shape index (κ1) is 15.0. The standard InChI is InChI=1S/C14H16BrNO4/c1-19-14(18)12-9-20-7-6-16(12)13(17)8-10-2-4-11(15)5-3-10/h2-5,12H,6-9H2,1H3. The molecular weight excluding hydrogens is 326 g/mol. The van der Waals surface area contributed by atoms with Crippen LogP contribution in [0.15, 0.2) is 28.7 Å². The van der Waals surface area contributed by atoms with Crippen molar-refractivity contribution in [2.75, 3.05) is 26.9 Å². The Morgan fingerprint density at radius 1 is 1.40 bits per heavy atom. The third-order valence-electron chi connectivity index (χ3n) is 3.19. The Kier molecular flexibility index (Phi) is 5.14. The average Bonchev–Trinajstić information content (AvgIpc) is 2.48. The van der Waals surface area contributed by atoms with Crippen molar-refractivity contribution in [1.29, 1.82) is 0 Å². The molecule has 0 spiro atoms. The second kappa shape index (κ2) is 6.85. The van der Waals surface area contributed by atoms with Crippen LogP contribution in [-0.4, -0.2) is 49.7 Å². The highest BCUT2D eigenvalue weighted by atomic mass is 79.9. The van der Waals surface area contributed by atoms with Gasteiger partial charge in [0.1, 0.15) is 0 Å². The lowest BCUT2D eigenvalue weighted by Crippen LogP contribution is -2.53. The molecule has 1 atom stereocenters. The molecule has 1 amide bonds. The van der Waals surface area contributed by atoms with Gasteiger partial charge in [0.15, 0.2) is 6.04 Å². The zero-order valence-electron chi connectivity index (χ0n) is 11.2. The van der Waals surface area contributed by atoms with Crippen LogP contribution < -0.4 is 0 Å². The van der Waals surface area contributed by atoms with Gasteiger partial charge in [0, 0.05) is 11.0 Å². The normalized spacial score (nSPS) is 18.7. The molecule has 1 aromatic rings. The van der Waals surface area contributed by atoms with Crippen LogP contribution in [0.4, 0.5) is 0 Å². The van der Waals surface area contributed by atoms with E-state index in [0.717, 1.165) is 10.0 Å². The Labute approximate surface area is 126 Å². The van der Waals surface area contributed by atoms with E-state index in [1.54, 1.807) is 0 Å². The van der Waals surface area contributed by atoms with Gasteiger partial charge in [-0.25, -0.2) is 4.79 Å². The minimum absolute atomic E-state index is 0.0916. The number of halogens is 1. The van der Waals surface area contributed by atoms with E-state index in [1.165, 1.54) is 12.0 Å². The molecule has 0 aliphatic carbocycles. The van der Waals surface area contributed by atoms with Crippen molar-refractivity contribution in [2.24, 2.45) is 0 Å². The summed E-state index contributed by atoms with van der Waals surface area (Å²) in [5, 5.41) is 0. The Bertz CT molecular complexity index is 488. The van der Waals surface area contributed by atoms with Crippen LogP contribution >= 0.6 is 15.9 Å². The van der Waals surface area contributed by atoms with E-state index < -0.39 is 12.0 Å². The molecule has 1 aliphatic rings. The minimum atomic E-state index is -0.642. The maximum Gasteiger partial charge on any atom is 0.331 e. The summed E-state index contributed by atoms with van der Waals surface area (Å²) in [4.78, 5) is 25.5. The number of amides is 1. The van der Waals surface area contributed by atoms with Crippen LogP contribution in [0, 0.1) is 0 Å². The summed E-state index contributed by atoms with van der Waals surface area (Å²) < 4.78 is 10.9. The maximum atomic E-state index is 12.3. The van der Waals surface area contributed by atoms with E-state index in [9.17, 15) is 9.59 Å². The number of hydrogen-bond acceptors (Lipinski definition) is 4. The predicted molar refractivity (Wildman–Crippen MR) is 76.2 cm³/mol. The van der Waals surface area contributed by atoms with Crippen molar-refractivity contribution in [2.45, 2.75) is 12.5 Å². The Morgan fingerprint density at radius 3 is 2.75 bits per heavy atom. The SMILES string of the molecule is COC(=O)C1COCCN1C(=O)Cc1ccc(Br)cc1. The zero-order chi connectivity index (χ0) is 14.5. The van der Waals surface area contributed by atoms with Crippen LogP contribution in [0.5, 0.6) is 0 Å². The summed E-state index contributed by atoms with van der Waals surface area (Å²) in [7, 11) is 1.31. The molecule has 20 heavy (non-hydrogen) atoms. The topological polar surface area (TPSA) is 55.8 Å². The van der Waals surface area contributed by atoms with Crippen LogP contribution in [0.25, 0.3) is 0 Å². The maximum absolute atomic E-state index is 12.3. The summed E-state index contributed by atoms with van der Waals surface area (Å²) in [5.74, 6) is -0.528. The number of carbonyl (C=O) groups is 2. The molecule has 1 fully saturated rings. The number of nitrogens with zero attached hydrogens (tertiary/aromatic N) is 1. The quantitative estimate of drug-likeness (QED) is 0.779. The fourth-order valence-electron chi connectivity index (χ4n) is 2.11. The number of methoxy groups -OCH3 is 1. The van der Waals surface area contributed by atoms with E-state index in [-0.39, 0.29) is 18.9 Å². The molecule has 108 valence electrons. The molecule has 2 rings (SSSR count). The van der Waals surface area contributed by atoms with Gasteiger partial charge in [-0.2, -0.15) is 0 Å². The van der Waals surface area contributed by atoms with Crippen molar-refractivity contribution in [3.63, 3.8) is 0 Å². The average molecular weight is 342 g/mol. The number of benzene rings is 1. The first-order chi connectivity index (χ1) is 9.61. The Hall–Kier alpha value is -1.40. The van der Waals surface area contributed by atoms with Crippen molar-refractivity contribution < 1.29 is 19.1 Å². The van der Waals surface area contributed by atoms with Gasteiger partial charge < -0.3 is 14.4 Å². The van der Waals surface area contributed by atoms with E-state index in [2.05, 4.69) is 15.9 Å². The second-order valence-electron chi connectivity index (χ2n) is 4.50. The van der Waals surface area contributed by atoms with Crippen molar-refractivity contribution >= 4 is 27.8 Å². The zero-order valence-corrected chi connectivity index (χ0v) is 12.8. The highest BCUT2D eigenvalue weighted by Crippen LogP contribution is 2.14. The van der Waals surface area contributed by atoms with Crippen LogP contribution in [0.2, 0.25) is 0 Å². The fraction of sp³-hybridized carbons (Fsp3) is 0.429. The lowest BCUT2D eigenvalue weighted by atomic mass is 10.1. The minimum Gasteiger partial charge on any atom is -0.467 e. The lowest BCUT2D eigenvalue weighted by Gasteiger charge is -2.33. The number of hydrogen-bond donors (Lipinski definition) is 0. The number of ether oxygens (including phenoxy) is 2. The van der Waals surface area contributed by atoms with E-state index >= 15 is 0 Å². The first-order valence-electron chi connectivity index (χ1n) is 6.31. The van der Waals surface area contributed by atoms with Gasteiger partial charge in [0.25, 0.3) is 0 Å². The van der Waals surface area contributed by atoms with Gasteiger partial charge in [-0.1, -0.05) is 28.1 Å². The molecule has 6 heteroatoms. The molecule has 1 aliphatic heterocycles. The van der Waals surface area contributed by atoms with Crippen molar-refractivity contribution in [1.82, 2.24) is 4.90 Å². The number of carbonyl (C=O) groups excluding carboxylic acids is 2. The predicted octanol–water partition coefficient (Wildman–Crippen LogP) is 1.39. The summed E-state index contributed by atoms with van der Waals surface area (Å²) in [5.41, 5.74) is 0.910. The summed E-state index contributed by atoms with van der Waals surface area (Å²) in [6, 6.07) is 6.90. The highest BCUT2D eigenvalue weighted by Gasteiger charge is 2.33. The monoisotopic (exact) mass is 341 g/mol. The molecule has 0 saturated carbocycles. The van der Waals surface area contributed by atoms with Crippen molar-refractivity contribution in [3.8, 4) is 0 Å². The van der Waals surface area contributed by atoms with Gasteiger partial charge in [-0.05, 0) is 17.7 Å². The summed E-state index contributed by atoms with van der Waals surface area (Å²) >= 11 is 3.35. The van der Waals surface area contributed by atoms with Crippen molar-refractivity contribution in [3.05, 3.63) is 34.3 Å². The van der Waals surface area contributed by atoms with E-state index in [0.29, 0.717) is 13.2 Å². The van der Waals surface area contributed by atoms with Gasteiger partial charge in [0.2, 0.25) is 5.91 Å². The molecule has 5 nitrogen and oxygen atoms in total. The molecule has 1 aromatic carbocycles. The van der Waals surface area contributed by atoms with Gasteiger partial charge in [-0.15, -0.1) is 0 Å². The fourth-order valence-corrected chi connectivity index (χ4v) is 2.38. The molecule has 1 saturated heterocycles. The third-order valence-corrected chi connectivity index (χ3v) is 3.72. The van der Waals surface area contributed by atoms with Crippen LogP contribution in [-0.2, 0) is 25.5 Å². The lowest BCUT2D eigenvalue weighted by molar-refractivity contribution is -0.160. The molecule has 0 bridgehead atoms. The van der Waals surface area contributed by atoms with Crippen LogP contribution in [0.3, 0.4) is 0 Å². The van der Waals surface area contributed by atoms with Gasteiger partial charge >= 0.3 is 5.97 Å². The third kappa shape index (κ3) is 3.58. The Balaban J connectivity index is 2.05. The number of esters is 1. The summed E-state index contributed by atoms with van der Waals surface area (Å²) in [6.45, 7) is 1.05. The number of rotatable bonds is 3. The Morgan fingerprint density at radius 2 is 2.10 bits per heavy atom. The molecule has 0 N–H and O–H groups in total. The molecule has 1 unspecified atom stereocenters.